The molecule has 1 radical (unpaired) electrons. The fraction of sp³-hybridized carbons (Fsp3) is 0.100. The van der Waals surface area contributed by atoms with Gasteiger partial charge in [-0.1, -0.05) is 12.1 Å². The lowest BCUT2D eigenvalue weighted by atomic mass is 10.2. The van der Waals surface area contributed by atoms with E-state index in [9.17, 15) is 4.79 Å². The Morgan fingerprint density at radius 2 is 2.46 bits per heavy atom. The summed E-state index contributed by atoms with van der Waals surface area (Å²) >= 11 is 0. The maximum absolute atomic E-state index is 11.2. The lowest BCUT2D eigenvalue weighted by Gasteiger charge is -1.94. The van der Waals surface area contributed by atoms with Crippen molar-refractivity contribution in [1.82, 2.24) is 4.98 Å². The highest BCUT2D eigenvalue weighted by molar-refractivity contribution is 6.03. The van der Waals surface area contributed by atoms with E-state index in [1.54, 1.807) is 18.3 Å². The van der Waals surface area contributed by atoms with Crippen LogP contribution in [0, 0.1) is 6.07 Å². The summed E-state index contributed by atoms with van der Waals surface area (Å²) in [7, 11) is 1.37. The number of ether oxygens (including phenoxy) is 1. The number of benzene rings is 1. The molecule has 0 atom stereocenters. The third-order valence-corrected chi connectivity index (χ3v) is 1.93. The molecule has 1 heterocycles. The Hall–Kier alpha value is -1.77. The van der Waals surface area contributed by atoms with Crippen LogP contribution in [0.25, 0.3) is 10.9 Å². The van der Waals surface area contributed by atoms with Crippen LogP contribution in [0.4, 0.5) is 0 Å². The molecule has 0 bridgehead atoms. The number of carbonyl (C=O) groups is 1. The molecule has 2 rings (SSSR count). The van der Waals surface area contributed by atoms with Gasteiger partial charge in [-0.05, 0) is 12.1 Å². The van der Waals surface area contributed by atoms with Crippen molar-refractivity contribution in [1.29, 1.82) is 0 Å². The van der Waals surface area contributed by atoms with Crippen molar-refractivity contribution in [2.45, 2.75) is 0 Å². The quantitative estimate of drug-likeness (QED) is 0.669. The first-order valence-corrected chi connectivity index (χ1v) is 3.88. The number of fused-ring (bicyclic) bond motifs is 1. The van der Waals surface area contributed by atoms with Crippen molar-refractivity contribution in [2.75, 3.05) is 7.11 Å². The van der Waals surface area contributed by atoms with Gasteiger partial charge in [0.25, 0.3) is 0 Å². The predicted molar refractivity (Wildman–Crippen MR) is 48.5 cm³/mol. The predicted octanol–water partition coefficient (Wildman–Crippen LogP) is 1.75. The molecular weight excluding hydrogens is 166 g/mol. The van der Waals surface area contributed by atoms with Crippen molar-refractivity contribution in [2.24, 2.45) is 0 Å². The van der Waals surface area contributed by atoms with Crippen LogP contribution in [0.5, 0.6) is 0 Å². The van der Waals surface area contributed by atoms with Crippen molar-refractivity contribution in [3.63, 3.8) is 0 Å². The van der Waals surface area contributed by atoms with Crippen LogP contribution in [0.2, 0.25) is 0 Å². The average molecular weight is 174 g/mol. The smallest absolute Gasteiger partial charge is 0.340 e. The minimum atomic E-state index is -0.322. The first-order valence-electron chi connectivity index (χ1n) is 3.88. The van der Waals surface area contributed by atoms with Gasteiger partial charge in [-0.25, -0.2) is 4.79 Å². The van der Waals surface area contributed by atoms with Crippen molar-refractivity contribution in [3.8, 4) is 0 Å². The van der Waals surface area contributed by atoms with Gasteiger partial charge in [-0.15, -0.1) is 0 Å². The van der Waals surface area contributed by atoms with E-state index in [0.717, 1.165) is 10.9 Å². The Kier molecular flexibility index (Phi) is 1.77. The number of esters is 1. The van der Waals surface area contributed by atoms with Gasteiger partial charge in [0.05, 0.1) is 12.7 Å². The Balaban J connectivity index is 2.64. The fourth-order valence-electron chi connectivity index (χ4n) is 1.29. The van der Waals surface area contributed by atoms with E-state index in [1.165, 1.54) is 7.11 Å². The lowest BCUT2D eigenvalue weighted by molar-refractivity contribution is 0.0603. The summed E-state index contributed by atoms with van der Waals surface area (Å²) in [6.07, 6.45) is 1.64. The highest BCUT2D eigenvalue weighted by Gasteiger charge is 2.10. The minimum absolute atomic E-state index is 0.322. The molecule has 0 saturated heterocycles. The third-order valence-electron chi connectivity index (χ3n) is 1.93. The molecule has 0 aliphatic heterocycles. The van der Waals surface area contributed by atoms with Gasteiger partial charge in [-0.3, -0.25) is 0 Å². The first-order chi connectivity index (χ1) is 6.33. The molecule has 0 amide bonds. The highest BCUT2D eigenvalue weighted by Crippen LogP contribution is 2.17. The number of rotatable bonds is 1. The molecule has 1 aromatic carbocycles. The van der Waals surface area contributed by atoms with E-state index in [4.69, 9.17) is 0 Å². The van der Waals surface area contributed by atoms with Gasteiger partial charge in [0, 0.05) is 17.1 Å². The molecule has 0 fully saturated rings. The zero-order valence-electron chi connectivity index (χ0n) is 7.13. The molecule has 0 aliphatic carbocycles. The number of aromatic amines is 1. The second kappa shape index (κ2) is 2.94. The van der Waals surface area contributed by atoms with Gasteiger partial charge >= 0.3 is 5.97 Å². The summed E-state index contributed by atoms with van der Waals surface area (Å²) in [5.74, 6) is -0.322. The van der Waals surface area contributed by atoms with E-state index in [-0.39, 0.29) is 5.97 Å². The Labute approximate surface area is 75.3 Å². The van der Waals surface area contributed by atoms with E-state index in [2.05, 4.69) is 15.8 Å². The number of aromatic nitrogens is 1. The third kappa shape index (κ3) is 1.18. The maximum atomic E-state index is 11.2. The molecule has 3 nitrogen and oxygen atoms in total. The van der Waals surface area contributed by atoms with Crippen LogP contribution in [-0.2, 0) is 4.74 Å². The van der Waals surface area contributed by atoms with Crippen LogP contribution in [0.3, 0.4) is 0 Å². The van der Waals surface area contributed by atoms with Gasteiger partial charge in [0.2, 0.25) is 0 Å². The molecule has 0 aliphatic rings. The van der Waals surface area contributed by atoms with E-state index >= 15 is 0 Å². The summed E-state index contributed by atoms with van der Waals surface area (Å²) < 4.78 is 4.63. The summed E-state index contributed by atoms with van der Waals surface area (Å²) in [6.45, 7) is 0. The largest absolute Gasteiger partial charge is 0.465 e. The molecule has 13 heavy (non-hydrogen) atoms. The number of nitrogens with one attached hydrogen (secondary N) is 1. The zero-order chi connectivity index (χ0) is 9.26. The molecule has 3 heteroatoms. The molecule has 0 unspecified atom stereocenters. The maximum Gasteiger partial charge on any atom is 0.340 e. The second-order valence-corrected chi connectivity index (χ2v) is 2.67. The Morgan fingerprint density at radius 3 is 3.23 bits per heavy atom. The molecule has 1 aromatic heterocycles. The number of methoxy groups -OCH3 is 1. The average Bonchev–Trinajstić information content (AvgIpc) is 2.60. The summed E-state index contributed by atoms with van der Waals surface area (Å²) in [6, 6.07) is 8.31. The fourth-order valence-corrected chi connectivity index (χ4v) is 1.29. The monoisotopic (exact) mass is 174 g/mol. The Morgan fingerprint density at radius 1 is 1.62 bits per heavy atom. The number of hydrogen-bond donors (Lipinski definition) is 1. The zero-order valence-corrected chi connectivity index (χ0v) is 7.13. The van der Waals surface area contributed by atoms with Gasteiger partial charge < -0.3 is 9.72 Å². The van der Waals surface area contributed by atoms with Gasteiger partial charge in [0.1, 0.15) is 0 Å². The molecular formula is C10H8NO2. The summed E-state index contributed by atoms with van der Waals surface area (Å²) in [4.78, 5) is 14.2. The standard InChI is InChI=1S/C10H8NO2/c1-13-10(12)8-6-11-9-5-3-2-4-7(8)9/h2,4-6,11H,1H3. The minimum Gasteiger partial charge on any atom is -0.465 e. The molecule has 65 valence electrons. The van der Waals surface area contributed by atoms with Crippen molar-refractivity contribution in [3.05, 3.63) is 36.0 Å². The van der Waals surface area contributed by atoms with Crippen LogP contribution in [0.1, 0.15) is 10.4 Å². The number of H-pyrrole nitrogens is 1. The van der Waals surface area contributed by atoms with E-state index in [1.807, 2.05) is 6.07 Å². The Bertz CT molecular complexity index is 445. The van der Waals surface area contributed by atoms with Crippen LogP contribution in [-0.4, -0.2) is 18.1 Å². The van der Waals surface area contributed by atoms with Crippen molar-refractivity contribution >= 4 is 16.9 Å². The van der Waals surface area contributed by atoms with Crippen LogP contribution in [0.15, 0.2) is 24.4 Å². The van der Waals surface area contributed by atoms with Crippen molar-refractivity contribution < 1.29 is 9.53 Å². The van der Waals surface area contributed by atoms with Gasteiger partial charge in [0.15, 0.2) is 0 Å². The number of carbonyl (C=O) groups excluding carboxylic acids is 1. The first kappa shape index (κ1) is 7.86. The highest BCUT2D eigenvalue weighted by atomic mass is 16.5. The van der Waals surface area contributed by atoms with Crippen LogP contribution < -0.4 is 0 Å². The number of hydrogen-bond acceptors (Lipinski definition) is 2. The van der Waals surface area contributed by atoms with E-state index < -0.39 is 0 Å². The summed E-state index contributed by atoms with van der Waals surface area (Å²) in [5.41, 5.74) is 1.45. The normalized spacial score (nSPS) is 10.2. The molecule has 2 aromatic rings. The molecule has 0 spiro atoms. The molecule has 1 N–H and O–H groups in total. The topological polar surface area (TPSA) is 42.1 Å². The summed E-state index contributed by atoms with van der Waals surface area (Å²) in [5, 5.41) is 0.866. The second-order valence-electron chi connectivity index (χ2n) is 2.67. The van der Waals surface area contributed by atoms with E-state index in [0.29, 0.717) is 5.56 Å². The SMILES string of the molecule is COC(=O)c1c[nH]c2c[c]ccc12. The van der Waals surface area contributed by atoms with Gasteiger partial charge in [-0.2, -0.15) is 0 Å². The lowest BCUT2D eigenvalue weighted by Crippen LogP contribution is -1.99. The molecule has 0 saturated carbocycles. The van der Waals surface area contributed by atoms with Crippen LogP contribution >= 0.6 is 0 Å².